The van der Waals surface area contributed by atoms with Gasteiger partial charge in [-0.05, 0) is 47.3 Å². The van der Waals surface area contributed by atoms with Crippen LogP contribution in [-0.4, -0.2) is 34.5 Å². The van der Waals surface area contributed by atoms with Crippen molar-refractivity contribution in [3.8, 4) is 22.8 Å². The van der Waals surface area contributed by atoms with Gasteiger partial charge < -0.3 is 0 Å². The minimum absolute atomic E-state index is 0.106. The molecular formula is C15H8N6OS2. The van der Waals surface area contributed by atoms with Crippen LogP contribution in [0.5, 0.6) is 0 Å². The maximum Gasteiger partial charge on any atom is 0.216 e. The van der Waals surface area contributed by atoms with Gasteiger partial charge in [-0.3, -0.25) is 4.79 Å². The lowest BCUT2D eigenvalue weighted by molar-refractivity contribution is 0.104. The number of hydrogen-bond acceptors (Lipinski definition) is 9. The van der Waals surface area contributed by atoms with Crippen molar-refractivity contribution in [1.29, 1.82) is 0 Å². The van der Waals surface area contributed by atoms with Crippen LogP contribution >= 0.6 is 23.1 Å². The number of carbonyl (C=O) groups is 1. The lowest BCUT2D eigenvalue weighted by Gasteiger charge is -1.92. The largest absolute Gasteiger partial charge is 0.287 e. The van der Waals surface area contributed by atoms with Crippen LogP contribution < -0.4 is 0 Å². The Morgan fingerprint density at radius 3 is 1.67 bits per heavy atom. The first-order chi connectivity index (χ1) is 11.8. The molecule has 4 aromatic rings. The fourth-order valence-corrected chi connectivity index (χ4v) is 3.48. The number of hydrogen-bond donors (Lipinski definition) is 0. The van der Waals surface area contributed by atoms with Gasteiger partial charge in [0.25, 0.3) is 0 Å². The Hall–Kier alpha value is -2.91. The molecular weight excluding hydrogens is 344 g/mol. The third-order valence-electron chi connectivity index (χ3n) is 3.16. The minimum atomic E-state index is -0.106. The van der Waals surface area contributed by atoms with Crippen molar-refractivity contribution in [2.24, 2.45) is 0 Å². The predicted molar refractivity (Wildman–Crippen MR) is 89.7 cm³/mol. The molecule has 4 rings (SSSR count). The molecule has 0 N–H and O–H groups in total. The van der Waals surface area contributed by atoms with E-state index in [4.69, 9.17) is 0 Å². The highest BCUT2D eigenvalue weighted by molar-refractivity contribution is 7.12. The molecule has 0 unspecified atom stereocenters. The monoisotopic (exact) mass is 352 g/mol. The molecule has 7 nitrogen and oxygen atoms in total. The van der Waals surface area contributed by atoms with Gasteiger partial charge in [0.1, 0.15) is 24.0 Å². The van der Waals surface area contributed by atoms with Gasteiger partial charge in [0.05, 0.1) is 21.1 Å². The van der Waals surface area contributed by atoms with Gasteiger partial charge in [0, 0.05) is 12.4 Å². The fourth-order valence-electron chi connectivity index (χ4n) is 2.01. The topological polar surface area (TPSA) is 94.4 Å². The van der Waals surface area contributed by atoms with Crippen molar-refractivity contribution in [3.63, 3.8) is 0 Å². The Kier molecular flexibility index (Phi) is 3.85. The summed E-state index contributed by atoms with van der Waals surface area (Å²) in [5.41, 5.74) is 2.69. The molecule has 4 heterocycles. The summed E-state index contributed by atoms with van der Waals surface area (Å²) in [4.78, 5) is 29.7. The van der Waals surface area contributed by atoms with Crippen molar-refractivity contribution >= 4 is 28.8 Å². The van der Waals surface area contributed by atoms with Crippen LogP contribution in [0.2, 0.25) is 0 Å². The van der Waals surface area contributed by atoms with E-state index in [0.29, 0.717) is 32.5 Å². The summed E-state index contributed by atoms with van der Waals surface area (Å²) in [5.74, 6) is -0.106. The lowest BCUT2D eigenvalue weighted by Crippen LogP contribution is -1.94. The Labute approximate surface area is 144 Å². The number of carbonyl (C=O) groups excluding carboxylic acids is 1. The molecule has 0 amide bonds. The van der Waals surface area contributed by atoms with E-state index in [-0.39, 0.29) is 5.78 Å². The van der Waals surface area contributed by atoms with Crippen LogP contribution in [0.15, 0.2) is 49.3 Å². The van der Waals surface area contributed by atoms with E-state index in [1.54, 1.807) is 36.7 Å². The van der Waals surface area contributed by atoms with Crippen molar-refractivity contribution in [2.45, 2.75) is 0 Å². The number of rotatable bonds is 4. The first-order valence-electron chi connectivity index (χ1n) is 6.82. The van der Waals surface area contributed by atoms with Crippen LogP contribution in [0, 0.1) is 0 Å². The smallest absolute Gasteiger partial charge is 0.216 e. The van der Waals surface area contributed by atoms with Crippen molar-refractivity contribution in [1.82, 2.24) is 28.7 Å². The zero-order valence-electron chi connectivity index (χ0n) is 12.0. The molecule has 0 fully saturated rings. The highest BCUT2D eigenvalue weighted by Gasteiger charge is 2.18. The van der Waals surface area contributed by atoms with Gasteiger partial charge in [-0.2, -0.15) is 8.75 Å². The third-order valence-corrected chi connectivity index (χ3v) is 4.73. The average Bonchev–Trinajstić information content (AvgIpc) is 3.33. The molecule has 116 valence electrons. The van der Waals surface area contributed by atoms with Gasteiger partial charge in [-0.25, -0.2) is 19.9 Å². The molecule has 24 heavy (non-hydrogen) atoms. The highest BCUT2D eigenvalue weighted by Crippen LogP contribution is 2.26. The summed E-state index contributed by atoms with van der Waals surface area (Å²) in [6.07, 6.45) is 6.18. The van der Waals surface area contributed by atoms with Crippen molar-refractivity contribution < 1.29 is 4.79 Å². The summed E-state index contributed by atoms with van der Waals surface area (Å²) >= 11 is 2.29. The second-order valence-electron chi connectivity index (χ2n) is 4.67. The molecule has 0 aliphatic heterocycles. The number of ketones is 1. The van der Waals surface area contributed by atoms with Gasteiger partial charge in [0.15, 0.2) is 0 Å². The standard InChI is InChI=1S/C15H8N6OS2/c22-15(13-5-11(20-23-13)9-1-3-16-7-18-9)14-6-12(21-24-14)10-2-4-17-8-19-10/h1-8H. The Morgan fingerprint density at radius 2 is 1.25 bits per heavy atom. The van der Waals surface area contributed by atoms with Gasteiger partial charge in [-0.15, -0.1) is 0 Å². The van der Waals surface area contributed by atoms with E-state index in [9.17, 15) is 4.79 Å². The lowest BCUT2D eigenvalue weighted by atomic mass is 10.2. The number of nitrogens with zero attached hydrogens (tertiary/aromatic N) is 6. The van der Waals surface area contributed by atoms with E-state index >= 15 is 0 Å². The average molecular weight is 352 g/mol. The SMILES string of the molecule is O=C(c1cc(-c2ccncn2)ns1)c1cc(-c2ccncn2)ns1. The normalized spacial score (nSPS) is 10.7. The van der Waals surface area contributed by atoms with Crippen LogP contribution in [0.3, 0.4) is 0 Å². The van der Waals surface area contributed by atoms with E-state index in [0.717, 1.165) is 23.1 Å². The third kappa shape index (κ3) is 2.82. The van der Waals surface area contributed by atoms with Crippen LogP contribution in [0.1, 0.15) is 14.5 Å². The zero-order valence-corrected chi connectivity index (χ0v) is 13.7. The minimum Gasteiger partial charge on any atom is -0.287 e. The molecule has 0 saturated carbocycles. The molecule has 0 aliphatic carbocycles. The molecule has 0 saturated heterocycles. The first kappa shape index (κ1) is 14.7. The van der Waals surface area contributed by atoms with E-state index in [2.05, 4.69) is 28.7 Å². The maximum absolute atomic E-state index is 12.6. The van der Waals surface area contributed by atoms with Gasteiger partial charge in [0.2, 0.25) is 5.78 Å². The van der Waals surface area contributed by atoms with Crippen molar-refractivity contribution in [2.75, 3.05) is 0 Å². The van der Waals surface area contributed by atoms with Gasteiger partial charge >= 0.3 is 0 Å². The molecule has 0 aliphatic rings. The summed E-state index contributed by atoms with van der Waals surface area (Å²) in [5, 5.41) is 0. The molecule has 0 spiro atoms. The molecule has 4 aromatic heterocycles. The fraction of sp³-hybridized carbons (Fsp3) is 0. The molecule has 0 bridgehead atoms. The maximum atomic E-state index is 12.6. The van der Waals surface area contributed by atoms with E-state index < -0.39 is 0 Å². The Bertz CT molecular complexity index is 904. The van der Waals surface area contributed by atoms with Crippen LogP contribution in [0.4, 0.5) is 0 Å². The van der Waals surface area contributed by atoms with E-state index in [1.165, 1.54) is 12.7 Å². The quantitative estimate of drug-likeness (QED) is 0.521. The molecule has 9 heteroatoms. The second kappa shape index (κ2) is 6.30. The zero-order chi connectivity index (χ0) is 16.4. The summed E-state index contributed by atoms with van der Waals surface area (Å²) < 4.78 is 8.58. The van der Waals surface area contributed by atoms with E-state index in [1.807, 2.05) is 0 Å². The molecule has 0 atom stereocenters. The highest BCUT2D eigenvalue weighted by atomic mass is 32.1. The summed E-state index contributed by atoms with van der Waals surface area (Å²) in [6, 6.07) is 6.98. The second-order valence-corrected chi connectivity index (χ2v) is 6.28. The molecule has 0 radical (unpaired) electrons. The Morgan fingerprint density at radius 1 is 0.750 bits per heavy atom. The first-order valence-corrected chi connectivity index (χ1v) is 8.37. The Balaban J connectivity index is 1.61. The van der Waals surface area contributed by atoms with Crippen LogP contribution in [0.25, 0.3) is 22.8 Å². The van der Waals surface area contributed by atoms with Gasteiger partial charge in [-0.1, -0.05) is 0 Å². The summed E-state index contributed by atoms with van der Waals surface area (Å²) in [6.45, 7) is 0. The van der Waals surface area contributed by atoms with Crippen LogP contribution in [-0.2, 0) is 0 Å². The molecule has 0 aromatic carbocycles. The predicted octanol–water partition coefficient (Wildman–Crippen LogP) is 2.74. The van der Waals surface area contributed by atoms with Crippen molar-refractivity contribution in [3.05, 3.63) is 59.1 Å². The number of aromatic nitrogens is 6. The summed E-state index contributed by atoms with van der Waals surface area (Å²) in [7, 11) is 0.